The molecule has 0 aliphatic carbocycles. The summed E-state index contributed by atoms with van der Waals surface area (Å²) >= 11 is 0. The lowest BCUT2D eigenvalue weighted by Crippen LogP contribution is -2.24. The van der Waals surface area contributed by atoms with E-state index in [1.54, 1.807) is 18.3 Å². The van der Waals surface area contributed by atoms with E-state index in [-0.39, 0.29) is 11.4 Å². The molecule has 0 fully saturated rings. The summed E-state index contributed by atoms with van der Waals surface area (Å²) in [6.45, 7) is 7.56. The Kier molecular flexibility index (Phi) is 7.18. The lowest BCUT2D eigenvalue weighted by molar-refractivity contribution is -0.106. The molecule has 0 saturated heterocycles. The van der Waals surface area contributed by atoms with Crippen LogP contribution in [-0.2, 0) is 11.2 Å². The normalized spacial score (nSPS) is 15.2. The number of benzene rings is 1. The van der Waals surface area contributed by atoms with Gasteiger partial charge in [-0.3, -0.25) is 0 Å². The molecule has 0 unspecified atom stereocenters. The molecule has 1 aromatic heterocycles. The maximum atomic E-state index is 10.2. The van der Waals surface area contributed by atoms with Crippen LogP contribution in [-0.4, -0.2) is 35.1 Å². The molecule has 2 heterocycles. The predicted octanol–water partition coefficient (Wildman–Crippen LogP) is 4.12. The summed E-state index contributed by atoms with van der Waals surface area (Å²) in [6, 6.07) is 7.44. The van der Waals surface area contributed by atoms with Gasteiger partial charge in [-0.2, -0.15) is 0 Å². The second-order valence-electron chi connectivity index (χ2n) is 7.17. The Hall–Kier alpha value is -2.86. The van der Waals surface area contributed by atoms with E-state index in [4.69, 9.17) is 14.3 Å². The Morgan fingerprint density at radius 3 is 2.68 bits per heavy atom. The topological polar surface area (TPSA) is 80.7 Å². The lowest BCUT2D eigenvalue weighted by atomic mass is 10.0. The average molecular weight is 384 g/mol. The fraction of sp³-hybridized carbons (Fsp3) is 0.364. The number of pyridine rings is 1. The minimum atomic E-state index is -0.260. The van der Waals surface area contributed by atoms with Crippen LogP contribution in [0.1, 0.15) is 38.8 Å². The van der Waals surface area contributed by atoms with Gasteiger partial charge in [0.15, 0.2) is 11.5 Å². The molecular formula is C22H28N2O4. The van der Waals surface area contributed by atoms with E-state index in [0.29, 0.717) is 23.4 Å². The third-order valence-electron chi connectivity index (χ3n) is 4.15. The van der Waals surface area contributed by atoms with Gasteiger partial charge in [-0.1, -0.05) is 12.2 Å². The number of phenols is 1. The van der Waals surface area contributed by atoms with E-state index in [0.717, 1.165) is 23.8 Å². The number of nitrogens with one attached hydrogen (secondary N) is 1. The number of hydrogen-bond acceptors (Lipinski definition) is 6. The Bertz CT molecular complexity index is 829. The maximum absolute atomic E-state index is 10.2. The SMILES string of the molecule is CC=O.CN[C@@H](C)/C=C/c1ccc(Oc2cc3c(cc2O)OC(C)(C)C3)nc1. The number of phenolic OH excluding ortho intramolecular Hbond substituents is 1. The number of hydrogen-bond donors (Lipinski definition) is 2. The van der Waals surface area contributed by atoms with Crippen LogP contribution >= 0.6 is 0 Å². The van der Waals surface area contributed by atoms with Crippen LogP contribution in [0.3, 0.4) is 0 Å². The van der Waals surface area contributed by atoms with Gasteiger partial charge < -0.3 is 24.7 Å². The summed E-state index contributed by atoms with van der Waals surface area (Å²) in [6.07, 6.45) is 7.33. The van der Waals surface area contributed by atoms with Crippen molar-refractivity contribution >= 4 is 12.4 Å². The van der Waals surface area contributed by atoms with Crippen LogP contribution in [0.25, 0.3) is 6.08 Å². The maximum Gasteiger partial charge on any atom is 0.219 e. The van der Waals surface area contributed by atoms with Crippen molar-refractivity contribution in [1.29, 1.82) is 0 Å². The Balaban J connectivity index is 0.000000878. The van der Waals surface area contributed by atoms with E-state index in [2.05, 4.69) is 23.3 Å². The van der Waals surface area contributed by atoms with E-state index in [1.807, 2.05) is 39.1 Å². The van der Waals surface area contributed by atoms with Gasteiger partial charge >= 0.3 is 0 Å². The summed E-state index contributed by atoms with van der Waals surface area (Å²) < 4.78 is 11.6. The van der Waals surface area contributed by atoms with Crippen LogP contribution < -0.4 is 14.8 Å². The number of likely N-dealkylation sites (N-methyl/N-ethyl adjacent to an activating group) is 1. The number of aldehydes is 1. The third-order valence-corrected chi connectivity index (χ3v) is 4.15. The molecule has 1 aromatic carbocycles. The number of ether oxygens (including phenoxy) is 2. The molecule has 1 atom stereocenters. The van der Waals surface area contributed by atoms with Crippen LogP contribution in [0.4, 0.5) is 0 Å². The van der Waals surface area contributed by atoms with Gasteiger partial charge in [0.1, 0.15) is 17.6 Å². The number of carbonyl (C=O) groups is 1. The molecule has 6 heteroatoms. The molecule has 0 saturated carbocycles. The van der Waals surface area contributed by atoms with Crippen molar-refractivity contribution in [2.75, 3.05) is 7.05 Å². The molecule has 0 amide bonds. The standard InChI is InChI=1S/C20H24N2O3.C2H4O/c1-13(21-4)5-6-14-7-8-19(22-12-14)24-18-9-15-11-20(2,3)25-17(15)10-16(18)23;1-2-3/h5-10,12-13,21,23H,11H2,1-4H3;2H,1H3/b6-5+;/t13-;/m0./s1. The van der Waals surface area contributed by atoms with Crippen LogP contribution in [0, 0.1) is 0 Å². The summed E-state index contributed by atoms with van der Waals surface area (Å²) in [7, 11) is 1.92. The average Bonchev–Trinajstić information content (AvgIpc) is 2.94. The van der Waals surface area contributed by atoms with Gasteiger partial charge in [-0.25, -0.2) is 4.98 Å². The van der Waals surface area contributed by atoms with Crippen molar-refractivity contribution in [3.8, 4) is 23.1 Å². The zero-order valence-electron chi connectivity index (χ0n) is 17.0. The Labute approximate surface area is 166 Å². The summed E-state index contributed by atoms with van der Waals surface area (Å²) in [5, 5.41) is 13.3. The third kappa shape index (κ3) is 5.82. The molecule has 1 aliphatic heterocycles. The molecule has 2 aromatic rings. The fourth-order valence-electron chi connectivity index (χ4n) is 2.71. The van der Waals surface area contributed by atoms with Gasteiger partial charge in [0.2, 0.25) is 5.88 Å². The first-order valence-corrected chi connectivity index (χ1v) is 9.22. The molecule has 1 aliphatic rings. The number of rotatable bonds is 5. The zero-order valence-corrected chi connectivity index (χ0v) is 17.0. The number of carbonyl (C=O) groups excluding carboxylic acids is 1. The van der Waals surface area contributed by atoms with Crippen LogP contribution in [0.2, 0.25) is 0 Å². The first-order chi connectivity index (χ1) is 13.3. The first kappa shape index (κ1) is 21.4. The highest BCUT2D eigenvalue weighted by Gasteiger charge is 2.31. The second-order valence-corrected chi connectivity index (χ2v) is 7.17. The molecular weight excluding hydrogens is 356 g/mol. The number of aromatic hydroxyl groups is 1. The van der Waals surface area contributed by atoms with Crippen molar-refractivity contribution in [3.63, 3.8) is 0 Å². The Morgan fingerprint density at radius 2 is 2.07 bits per heavy atom. The van der Waals surface area contributed by atoms with E-state index >= 15 is 0 Å². The van der Waals surface area contributed by atoms with Crippen LogP contribution in [0.15, 0.2) is 36.5 Å². The molecule has 2 N–H and O–H groups in total. The molecule has 3 rings (SSSR count). The Morgan fingerprint density at radius 1 is 1.36 bits per heavy atom. The first-order valence-electron chi connectivity index (χ1n) is 9.22. The predicted molar refractivity (Wildman–Crippen MR) is 110 cm³/mol. The number of fused-ring (bicyclic) bond motifs is 1. The van der Waals surface area contributed by atoms with Crippen molar-refractivity contribution in [2.45, 2.75) is 45.8 Å². The molecule has 0 spiro atoms. The van der Waals surface area contributed by atoms with Gasteiger partial charge in [-0.15, -0.1) is 0 Å². The van der Waals surface area contributed by atoms with Gasteiger partial charge in [0.25, 0.3) is 0 Å². The smallest absolute Gasteiger partial charge is 0.219 e. The fourth-order valence-corrected chi connectivity index (χ4v) is 2.71. The molecule has 28 heavy (non-hydrogen) atoms. The number of nitrogens with zero attached hydrogens (tertiary/aromatic N) is 1. The monoisotopic (exact) mass is 384 g/mol. The molecule has 0 bridgehead atoms. The second kappa shape index (κ2) is 9.37. The van der Waals surface area contributed by atoms with E-state index < -0.39 is 0 Å². The summed E-state index contributed by atoms with van der Waals surface area (Å²) in [5.74, 6) is 1.58. The summed E-state index contributed by atoms with van der Waals surface area (Å²) in [4.78, 5) is 13.1. The zero-order chi connectivity index (χ0) is 20.7. The van der Waals surface area contributed by atoms with Gasteiger partial charge in [0, 0.05) is 36.4 Å². The highest BCUT2D eigenvalue weighted by atomic mass is 16.5. The number of aromatic nitrogens is 1. The van der Waals surface area contributed by atoms with Crippen LogP contribution in [0.5, 0.6) is 23.1 Å². The van der Waals surface area contributed by atoms with E-state index in [9.17, 15) is 5.11 Å². The minimum absolute atomic E-state index is 0.0464. The lowest BCUT2D eigenvalue weighted by Gasteiger charge is -2.16. The quantitative estimate of drug-likeness (QED) is 0.755. The largest absolute Gasteiger partial charge is 0.504 e. The minimum Gasteiger partial charge on any atom is -0.504 e. The van der Waals surface area contributed by atoms with Crippen molar-refractivity contribution in [3.05, 3.63) is 47.7 Å². The molecule has 6 nitrogen and oxygen atoms in total. The van der Waals surface area contributed by atoms with Gasteiger partial charge in [-0.05, 0) is 52.4 Å². The van der Waals surface area contributed by atoms with E-state index in [1.165, 1.54) is 6.92 Å². The van der Waals surface area contributed by atoms with Crippen molar-refractivity contribution in [1.82, 2.24) is 10.3 Å². The molecule has 0 radical (unpaired) electrons. The highest BCUT2D eigenvalue weighted by molar-refractivity contribution is 5.54. The van der Waals surface area contributed by atoms with Crippen molar-refractivity contribution in [2.24, 2.45) is 0 Å². The summed E-state index contributed by atoms with van der Waals surface area (Å²) in [5.41, 5.74) is 1.76. The van der Waals surface area contributed by atoms with Gasteiger partial charge in [0.05, 0.1) is 0 Å². The highest BCUT2D eigenvalue weighted by Crippen LogP contribution is 2.42. The van der Waals surface area contributed by atoms with Crippen molar-refractivity contribution < 1.29 is 19.4 Å². The molecule has 150 valence electrons.